The molecule has 0 bridgehead atoms. The van der Waals surface area contributed by atoms with Crippen molar-refractivity contribution in [3.63, 3.8) is 0 Å². The molecule has 0 saturated heterocycles. The number of ether oxygens (including phenoxy) is 1. The first kappa shape index (κ1) is 19.5. The largest absolute Gasteiger partial charge is 0.443 e. The molecular weight excluding hydrogens is 312 g/mol. The van der Waals surface area contributed by atoms with Gasteiger partial charge in [-0.25, -0.2) is 4.79 Å². The smallest absolute Gasteiger partial charge is 0.414 e. The Hall–Kier alpha value is -1.81. The van der Waals surface area contributed by atoms with Gasteiger partial charge in [0.25, 0.3) is 0 Å². The number of likely N-dealkylation sites (N-methyl/N-ethyl adjacent to an activating group) is 1. The van der Waals surface area contributed by atoms with E-state index in [4.69, 9.17) is 4.74 Å². The first-order valence-electron chi connectivity index (χ1n) is 9.10. The Morgan fingerprint density at radius 3 is 2.44 bits per heavy atom. The Bertz CT molecular complexity index is 612. The topological polar surface area (TPSA) is 32.8 Å². The molecule has 0 aromatic heterocycles. The van der Waals surface area contributed by atoms with E-state index in [-0.39, 0.29) is 6.09 Å². The Morgan fingerprint density at radius 2 is 1.88 bits per heavy atom. The third kappa shape index (κ3) is 5.89. The molecule has 25 heavy (non-hydrogen) atoms. The van der Waals surface area contributed by atoms with Crippen LogP contribution in [0, 0.1) is 5.92 Å². The van der Waals surface area contributed by atoms with Crippen molar-refractivity contribution in [3.8, 4) is 0 Å². The van der Waals surface area contributed by atoms with E-state index in [0.29, 0.717) is 12.5 Å². The van der Waals surface area contributed by atoms with Gasteiger partial charge in [0.15, 0.2) is 0 Å². The van der Waals surface area contributed by atoms with Gasteiger partial charge in [-0.3, -0.25) is 4.90 Å². The molecular formula is C21H32N2O2. The molecule has 0 aliphatic carbocycles. The number of nitrogens with zero attached hydrogens (tertiary/aromatic N) is 2. The minimum absolute atomic E-state index is 0.262. The van der Waals surface area contributed by atoms with Crippen molar-refractivity contribution < 1.29 is 9.53 Å². The average Bonchev–Trinajstić information content (AvgIpc) is 2.52. The van der Waals surface area contributed by atoms with Crippen LogP contribution in [0.15, 0.2) is 30.3 Å². The van der Waals surface area contributed by atoms with Crippen molar-refractivity contribution in [1.82, 2.24) is 9.80 Å². The van der Waals surface area contributed by atoms with Crippen molar-refractivity contribution in [1.29, 1.82) is 0 Å². The zero-order valence-corrected chi connectivity index (χ0v) is 16.5. The highest BCUT2D eigenvalue weighted by Crippen LogP contribution is 2.29. The van der Waals surface area contributed by atoms with E-state index >= 15 is 0 Å². The monoisotopic (exact) mass is 344 g/mol. The molecule has 4 nitrogen and oxygen atoms in total. The predicted molar refractivity (Wildman–Crippen MR) is 103 cm³/mol. The zero-order chi connectivity index (χ0) is 18.6. The lowest BCUT2D eigenvalue weighted by molar-refractivity contribution is 0.0327. The van der Waals surface area contributed by atoms with E-state index < -0.39 is 5.60 Å². The van der Waals surface area contributed by atoms with Crippen LogP contribution < -0.4 is 0 Å². The summed E-state index contributed by atoms with van der Waals surface area (Å²) in [6.07, 6.45) is 3.91. The average molecular weight is 344 g/mol. The maximum Gasteiger partial charge on any atom is 0.414 e. The first-order valence-corrected chi connectivity index (χ1v) is 9.10. The predicted octanol–water partition coefficient (Wildman–Crippen LogP) is 4.41. The molecule has 1 aromatic rings. The molecule has 1 amide bonds. The molecule has 0 saturated carbocycles. The SMILES string of the molecule is CC1CC=C(c2ccc(CCN(C)C)cc2)N(C(=O)OC(C)(C)C)C1. The molecule has 0 radical (unpaired) electrons. The number of hydrogen-bond donors (Lipinski definition) is 0. The highest BCUT2D eigenvalue weighted by Gasteiger charge is 2.29. The lowest BCUT2D eigenvalue weighted by Crippen LogP contribution is -2.39. The second-order valence-corrected chi connectivity index (χ2v) is 8.27. The minimum Gasteiger partial charge on any atom is -0.443 e. The number of rotatable bonds is 4. The van der Waals surface area contributed by atoms with E-state index in [1.54, 1.807) is 4.90 Å². The third-order valence-electron chi connectivity index (χ3n) is 4.21. The van der Waals surface area contributed by atoms with Gasteiger partial charge < -0.3 is 9.64 Å². The third-order valence-corrected chi connectivity index (χ3v) is 4.21. The quantitative estimate of drug-likeness (QED) is 0.811. The summed E-state index contributed by atoms with van der Waals surface area (Å²) in [5.41, 5.74) is 2.86. The highest BCUT2D eigenvalue weighted by atomic mass is 16.6. The molecule has 1 aromatic carbocycles. The molecule has 0 spiro atoms. The molecule has 0 N–H and O–H groups in total. The van der Waals surface area contributed by atoms with Gasteiger partial charge in [0.05, 0.1) is 5.70 Å². The minimum atomic E-state index is -0.487. The van der Waals surface area contributed by atoms with E-state index in [0.717, 1.165) is 30.6 Å². The van der Waals surface area contributed by atoms with E-state index in [2.05, 4.69) is 56.3 Å². The fourth-order valence-electron chi connectivity index (χ4n) is 2.87. The maximum absolute atomic E-state index is 12.6. The Labute approximate surface area is 152 Å². The van der Waals surface area contributed by atoms with Gasteiger partial charge in [-0.15, -0.1) is 0 Å². The molecule has 1 heterocycles. The van der Waals surface area contributed by atoms with Gasteiger partial charge in [0.1, 0.15) is 5.60 Å². The number of hydrogen-bond acceptors (Lipinski definition) is 3. The number of carbonyl (C=O) groups excluding carboxylic acids is 1. The second-order valence-electron chi connectivity index (χ2n) is 8.27. The van der Waals surface area contributed by atoms with Gasteiger partial charge in [-0.2, -0.15) is 0 Å². The van der Waals surface area contributed by atoms with Crippen LogP contribution in [0.5, 0.6) is 0 Å². The van der Waals surface area contributed by atoms with Crippen molar-refractivity contribution in [3.05, 3.63) is 41.5 Å². The van der Waals surface area contributed by atoms with Crippen LogP contribution in [0.2, 0.25) is 0 Å². The summed E-state index contributed by atoms with van der Waals surface area (Å²) < 4.78 is 5.61. The normalized spacial score (nSPS) is 18.3. The lowest BCUT2D eigenvalue weighted by atomic mass is 9.97. The fourth-order valence-corrected chi connectivity index (χ4v) is 2.87. The molecule has 2 rings (SSSR count). The van der Waals surface area contributed by atoms with Gasteiger partial charge in [-0.05, 0) is 64.8 Å². The maximum atomic E-state index is 12.6. The summed E-state index contributed by atoms with van der Waals surface area (Å²) in [6.45, 7) is 9.60. The van der Waals surface area contributed by atoms with Crippen molar-refractivity contribution in [2.24, 2.45) is 5.92 Å². The lowest BCUT2D eigenvalue weighted by Gasteiger charge is -2.34. The van der Waals surface area contributed by atoms with E-state index in [1.165, 1.54) is 5.56 Å². The Kier molecular flexibility index (Phi) is 6.28. The molecule has 0 fully saturated rings. The van der Waals surface area contributed by atoms with E-state index in [1.807, 2.05) is 20.8 Å². The summed E-state index contributed by atoms with van der Waals surface area (Å²) in [4.78, 5) is 16.6. The summed E-state index contributed by atoms with van der Waals surface area (Å²) in [6, 6.07) is 8.55. The summed E-state index contributed by atoms with van der Waals surface area (Å²) in [5.74, 6) is 0.440. The molecule has 1 unspecified atom stereocenters. The van der Waals surface area contributed by atoms with Crippen LogP contribution in [0.25, 0.3) is 5.70 Å². The summed E-state index contributed by atoms with van der Waals surface area (Å²) in [7, 11) is 4.17. The van der Waals surface area contributed by atoms with Gasteiger partial charge >= 0.3 is 6.09 Å². The number of allylic oxidation sites excluding steroid dienone is 1. The second kappa shape index (κ2) is 8.05. The van der Waals surface area contributed by atoms with Crippen LogP contribution in [-0.2, 0) is 11.2 Å². The van der Waals surface area contributed by atoms with Crippen molar-refractivity contribution in [2.75, 3.05) is 27.2 Å². The van der Waals surface area contributed by atoms with Crippen LogP contribution in [0.3, 0.4) is 0 Å². The molecule has 4 heteroatoms. The first-order chi connectivity index (χ1) is 11.7. The number of carbonyl (C=O) groups is 1. The van der Waals surface area contributed by atoms with Gasteiger partial charge in [0, 0.05) is 13.1 Å². The Morgan fingerprint density at radius 1 is 1.24 bits per heavy atom. The zero-order valence-electron chi connectivity index (χ0n) is 16.5. The highest BCUT2D eigenvalue weighted by molar-refractivity contribution is 5.83. The summed E-state index contributed by atoms with van der Waals surface area (Å²) in [5, 5.41) is 0. The number of benzene rings is 1. The van der Waals surface area contributed by atoms with Crippen LogP contribution in [0.4, 0.5) is 4.79 Å². The van der Waals surface area contributed by atoms with Gasteiger partial charge in [0.2, 0.25) is 0 Å². The van der Waals surface area contributed by atoms with Gasteiger partial charge in [-0.1, -0.05) is 37.3 Å². The van der Waals surface area contributed by atoms with Crippen LogP contribution in [-0.4, -0.2) is 48.7 Å². The number of amides is 1. The fraction of sp³-hybridized carbons (Fsp3) is 0.571. The van der Waals surface area contributed by atoms with Crippen molar-refractivity contribution in [2.45, 2.75) is 46.1 Å². The standard InChI is InChI=1S/C21H32N2O2/c1-16-7-12-19(23(15-16)20(24)25-21(2,3)4)18-10-8-17(9-11-18)13-14-22(5)6/h8-12,16H,7,13-15H2,1-6H3. The van der Waals surface area contributed by atoms with Crippen LogP contribution in [0.1, 0.15) is 45.2 Å². The molecule has 1 atom stereocenters. The molecule has 1 aliphatic heterocycles. The molecule has 138 valence electrons. The van der Waals surface area contributed by atoms with Crippen molar-refractivity contribution >= 4 is 11.8 Å². The Balaban J connectivity index is 2.17. The summed E-state index contributed by atoms with van der Waals surface area (Å²) >= 11 is 0. The molecule has 1 aliphatic rings. The van der Waals surface area contributed by atoms with Crippen LogP contribution >= 0.6 is 0 Å². The van der Waals surface area contributed by atoms with E-state index in [9.17, 15) is 4.79 Å².